The molecule has 0 saturated carbocycles. The van der Waals surface area contributed by atoms with Gasteiger partial charge in [-0.2, -0.15) is 0 Å². The van der Waals surface area contributed by atoms with Crippen molar-refractivity contribution in [3.63, 3.8) is 0 Å². The number of aromatic nitrogens is 1. The van der Waals surface area contributed by atoms with E-state index in [1.807, 2.05) is 0 Å². The fourth-order valence-electron chi connectivity index (χ4n) is 1.97. The number of nitrogens with one attached hydrogen (secondary N) is 1. The van der Waals surface area contributed by atoms with Crippen LogP contribution >= 0.6 is 0 Å². The second-order valence-electron chi connectivity index (χ2n) is 4.90. The molecule has 18 heavy (non-hydrogen) atoms. The van der Waals surface area contributed by atoms with Crippen LogP contribution in [0.2, 0.25) is 0 Å². The van der Waals surface area contributed by atoms with Gasteiger partial charge in [0.1, 0.15) is 0 Å². The zero-order valence-corrected chi connectivity index (χ0v) is 11.4. The van der Waals surface area contributed by atoms with E-state index < -0.39 is 0 Å². The topological polar surface area (TPSA) is 20.2 Å². The van der Waals surface area contributed by atoms with E-state index in [4.69, 9.17) is 0 Å². The minimum Gasteiger partial charge on any atom is -0.379 e. The first-order chi connectivity index (χ1) is 8.65. The molecule has 1 N–H and O–H groups in total. The molecule has 1 aromatic heterocycles. The maximum absolute atomic E-state index is 3.43. The first-order valence-electron chi connectivity index (χ1n) is 6.23. The molecule has 0 spiro atoms. The fourth-order valence-corrected chi connectivity index (χ4v) is 1.97. The van der Waals surface area contributed by atoms with E-state index in [1.165, 1.54) is 16.9 Å². The molecule has 0 aliphatic carbocycles. The van der Waals surface area contributed by atoms with Crippen LogP contribution in [-0.4, -0.2) is 23.6 Å². The molecule has 0 aliphatic rings. The van der Waals surface area contributed by atoms with Crippen molar-refractivity contribution < 1.29 is 0 Å². The van der Waals surface area contributed by atoms with Gasteiger partial charge in [-0.1, -0.05) is 12.1 Å². The van der Waals surface area contributed by atoms with Gasteiger partial charge >= 0.3 is 0 Å². The number of hydrogen-bond acceptors (Lipinski definition) is 2. The van der Waals surface area contributed by atoms with Gasteiger partial charge in [0.05, 0.1) is 6.54 Å². The molecule has 1 heterocycles. The van der Waals surface area contributed by atoms with Crippen LogP contribution in [-0.2, 0) is 20.1 Å². The van der Waals surface area contributed by atoms with E-state index in [9.17, 15) is 0 Å². The maximum Gasteiger partial charge on any atom is 0.0553 e. The second-order valence-corrected chi connectivity index (χ2v) is 4.90. The predicted molar refractivity (Wildman–Crippen MR) is 76.6 cm³/mol. The Hall–Kier alpha value is -1.74. The van der Waals surface area contributed by atoms with Gasteiger partial charge in [-0.25, -0.2) is 0 Å². The lowest BCUT2D eigenvalue weighted by Crippen LogP contribution is -2.10. The normalized spacial score (nSPS) is 10.9. The molecule has 0 aliphatic heterocycles. The van der Waals surface area contributed by atoms with Crippen LogP contribution in [0.25, 0.3) is 0 Å². The standard InChI is InChI=1S/C15H21N3/c1-17(2)12-13-6-8-14(9-7-13)16-11-15-5-4-10-18(15)3/h4-10,16H,11-12H2,1-3H3. The van der Waals surface area contributed by atoms with Crippen LogP contribution in [0.3, 0.4) is 0 Å². The van der Waals surface area contributed by atoms with Gasteiger partial charge in [-0.05, 0) is 43.9 Å². The van der Waals surface area contributed by atoms with E-state index in [-0.39, 0.29) is 0 Å². The average Bonchev–Trinajstić information content (AvgIpc) is 2.73. The summed E-state index contributed by atoms with van der Waals surface area (Å²) in [5.41, 5.74) is 3.79. The lowest BCUT2D eigenvalue weighted by molar-refractivity contribution is 0.402. The molecule has 0 unspecified atom stereocenters. The van der Waals surface area contributed by atoms with Gasteiger partial charge in [0.15, 0.2) is 0 Å². The Morgan fingerprint density at radius 2 is 1.83 bits per heavy atom. The highest BCUT2D eigenvalue weighted by Gasteiger charge is 1.98. The molecule has 0 radical (unpaired) electrons. The lowest BCUT2D eigenvalue weighted by atomic mass is 10.2. The van der Waals surface area contributed by atoms with Crippen LogP contribution in [0, 0.1) is 0 Å². The molecule has 3 nitrogen and oxygen atoms in total. The Kier molecular flexibility index (Phi) is 4.05. The summed E-state index contributed by atoms with van der Waals surface area (Å²) in [6.45, 7) is 1.84. The molecule has 0 amide bonds. The Labute approximate surface area is 109 Å². The molecular weight excluding hydrogens is 222 g/mol. The van der Waals surface area contributed by atoms with E-state index in [0.29, 0.717) is 0 Å². The first kappa shape index (κ1) is 12.7. The lowest BCUT2D eigenvalue weighted by Gasteiger charge is -2.11. The van der Waals surface area contributed by atoms with Crippen LogP contribution in [0.15, 0.2) is 42.6 Å². The number of aryl methyl sites for hydroxylation is 1. The summed E-state index contributed by atoms with van der Waals surface area (Å²) in [6.07, 6.45) is 2.07. The van der Waals surface area contributed by atoms with Crippen molar-refractivity contribution in [1.29, 1.82) is 0 Å². The largest absolute Gasteiger partial charge is 0.379 e. The van der Waals surface area contributed by atoms with Gasteiger partial charge in [0.25, 0.3) is 0 Å². The number of benzene rings is 1. The summed E-state index contributed by atoms with van der Waals surface area (Å²) in [4.78, 5) is 2.17. The van der Waals surface area contributed by atoms with E-state index >= 15 is 0 Å². The van der Waals surface area contributed by atoms with Crippen LogP contribution in [0.5, 0.6) is 0 Å². The smallest absolute Gasteiger partial charge is 0.0553 e. The third-order valence-electron chi connectivity index (χ3n) is 2.98. The van der Waals surface area contributed by atoms with Crippen molar-refractivity contribution in [2.24, 2.45) is 7.05 Å². The van der Waals surface area contributed by atoms with Crippen molar-refractivity contribution in [1.82, 2.24) is 9.47 Å². The molecular formula is C15H21N3. The summed E-state index contributed by atoms with van der Waals surface area (Å²) in [5, 5.41) is 3.43. The van der Waals surface area contributed by atoms with Crippen molar-refractivity contribution >= 4 is 5.69 Å². The molecule has 3 heteroatoms. The highest BCUT2D eigenvalue weighted by Crippen LogP contribution is 2.12. The van der Waals surface area contributed by atoms with Crippen molar-refractivity contribution in [2.75, 3.05) is 19.4 Å². The average molecular weight is 243 g/mol. The van der Waals surface area contributed by atoms with Gasteiger partial charge in [-0.3, -0.25) is 0 Å². The summed E-state index contributed by atoms with van der Waals surface area (Å²) in [5.74, 6) is 0. The number of nitrogens with zero attached hydrogens (tertiary/aromatic N) is 2. The maximum atomic E-state index is 3.43. The third kappa shape index (κ3) is 3.37. The van der Waals surface area contributed by atoms with Gasteiger partial charge in [0.2, 0.25) is 0 Å². The summed E-state index contributed by atoms with van der Waals surface area (Å²) >= 11 is 0. The third-order valence-corrected chi connectivity index (χ3v) is 2.98. The molecule has 0 saturated heterocycles. The Bertz CT molecular complexity index is 483. The zero-order valence-electron chi connectivity index (χ0n) is 11.4. The van der Waals surface area contributed by atoms with Gasteiger partial charge in [0, 0.05) is 31.2 Å². The van der Waals surface area contributed by atoms with Crippen LogP contribution in [0.1, 0.15) is 11.3 Å². The summed E-state index contributed by atoms with van der Waals surface area (Å²) in [6, 6.07) is 12.8. The molecule has 1 aromatic carbocycles. The highest BCUT2D eigenvalue weighted by atomic mass is 15.0. The zero-order chi connectivity index (χ0) is 13.0. The molecule has 2 aromatic rings. The SMILES string of the molecule is CN(C)Cc1ccc(NCc2cccn2C)cc1. The second kappa shape index (κ2) is 5.74. The van der Waals surface area contributed by atoms with Crippen molar-refractivity contribution in [3.05, 3.63) is 53.9 Å². The number of anilines is 1. The van der Waals surface area contributed by atoms with Gasteiger partial charge in [-0.15, -0.1) is 0 Å². The summed E-state index contributed by atoms with van der Waals surface area (Å²) in [7, 11) is 6.24. The number of rotatable bonds is 5. The minimum atomic E-state index is 0.858. The van der Waals surface area contributed by atoms with E-state index in [0.717, 1.165) is 13.1 Å². The molecule has 2 rings (SSSR count). The summed E-state index contributed by atoms with van der Waals surface area (Å²) < 4.78 is 2.13. The molecule has 0 fully saturated rings. The Morgan fingerprint density at radius 1 is 1.11 bits per heavy atom. The molecule has 96 valence electrons. The fraction of sp³-hybridized carbons (Fsp3) is 0.333. The van der Waals surface area contributed by atoms with E-state index in [1.54, 1.807) is 0 Å². The van der Waals surface area contributed by atoms with Crippen molar-refractivity contribution in [2.45, 2.75) is 13.1 Å². The minimum absolute atomic E-state index is 0.858. The van der Waals surface area contributed by atoms with Gasteiger partial charge < -0.3 is 14.8 Å². The van der Waals surface area contributed by atoms with Crippen molar-refractivity contribution in [3.8, 4) is 0 Å². The molecule has 0 atom stereocenters. The quantitative estimate of drug-likeness (QED) is 0.871. The van der Waals surface area contributed by atoms with Crippen LogP contribution < -0.4 is 5.32 Å². The number of hydrogen-bond donors (Lipinski definition) is 1. The molecule has 0 bridgehead atoms. The Balaban J connectivity index is 1.92. The van der Waals surface area contributed by atoms with Crippen LogP contribution in [0.4, 0.5) is 5.69 Å². The first-order valence-corrected chi connectivity index (χ1v) is 6.23. The van der Waals surface area contributed by atoms with E-state index in [2.05, 4.69) is 78.5 Å². The monoisotopic (exact) mass is 243 g/mol. The highest BCUT2D eigenvalue weighted by molar-refractivity contribution is 5.44. The Morgan fingerprint density at radius 3 is 2.39 bits per heavy atom. The predicted octanol–water partition coefficient (Wildman–Crippen LogP) is 2.70.